The zero-order chi connectivity index (χ0) is 10.2. The molecule has 0 saturated carbocycles. The summed E-state index contributed by atoms with van der Waals surface area (Å²) in [6.07, 6.45) is 0.439. The Morgan fingerprint density at radius 3 is 2.43 bits per heavy atom. The van der Waals surface area contributed by atoms with Crippen molar-refractivity contribution >= 4 is 5.78 Å². The van der Waals surface area contributed by atoms with E-state index in [4.69, 9.17) is 0 Å². The minimum absolute atomic E-state index is 0.141. The minimum atomic E-state index is -0.982. The molecule has 0 aromatic heterocycles. The van der Waals surface area contributed by atoms with Gasteiger partial charge in [-0.15, -0.1) is 0 Å². The Labute approximate surface area is 82.0 Å². The van der Waals surface area contributed by atoms with Crippen LogP contribution in [0.3, 0.4) is 0 Å². The van der Waals surface area contributed by atoms with E-state index in [2.05, 4.69) is 0 Å². The van der Waals surface area contributed by atoms with Crippen LogP contribution in [-0.2, 0) is 6.42 Å². The molecular weight excluding hydrogens is 180 g/mol. The van der Waals surface area contributed by atoms with E-state index in [1.54, 1.807) is 12.1 Å². The van der Waals surface area contributed by atoms with Crippen LogP contribution in [0.4, 0.5) is 0 Å². The number of Topliss-reactive ketones (excluding diaryl/α,β-unsaturated/α-hetero) is 1. The topological polar surface area (TPSA) is 57.5 Å². The Bertz CT molecular complexity index is 367. The second kappa shape index (κ2) is 3.19. The van der Waals surface area contributed by atoms with E-state index in [1.165, 1.54) is 0 Å². The van der Waals surface area contributed by atoms with Crippen LogP contribution in [0.2, 0.25) is 0 Å². The Morgan fingerprint density at radius 2 is 1.86 bits per heavy atom. The molecule has 0 fully saturated rings. The number of carbonyl (C=O) groups excluding carboxylic acids is 1. The maximum Gasteiger partial charge on any atom is 0.174 e. The van der Waals surface area contributed by atoms with Gasteiger partial charge in [0.25, 0.3) is 0 Å². The zero-order valence-electron chi connectivity index (χ0n) is 7.73. The van der Waals surface area contributed by atoms with Gasteiger partial charge in [0.05, 0.1) is 18.6 Å². The lowest BCUT2D eigenvalue weighted by atomic mass is 9.86. The Hall–Kier alpha value is -1.19. The summed E-state index contributed by atoms with van der Waals surface area (Å²) in [7, 11) is 0. The van der Waals surface area contributed by atoms with Crippen molar-refractivity contribution in [3.8, 4) is 0 Å². The van der Waals surface area contributed by atoms with Gasteiger partial charge in [-0.25, -0.2) is 0 Å². The average molecular weight is 192 g/mol. The number of ketones is 1. The van der Waals surface area contributed by atoms with Crippen molar-refractivity contribution in [2.45, 2.75) is 6.42 Å². The van der Waals surface area contributed by atoms with Crippen LogP contribution in [-0.4, -0.2) is 29.2 Å². The molecule has 0 heterocycles. The van der Waals surface area contributed by atoms with Gasteiger partial charge >= 0.3 is 0 Å². The monoisotopic (exact) mass is 192 g/mol. The molecule has 2 N–H and O–H groups in total. The molecule has 0 radical (unpaired) electrons. The summed E-state index contributed by atoms with van der Waals surface area (Å²) in [5.74, 6) is -0.141. The second-order valence-corrected chi connectivity index (χ2v) is 3.76. The van der Waals surface area contributed by atoms with Crippen molar-refractivity contribution in [1.82, 2.24) is 0 Å². The highest BCUT2D eigenvalue weighted by Gasteiger charge is 2.44. The highest BCUT2D eigenvalue weighted by atomic mass is 16.3. The molecule has 3 nitrogen and oxygen atoms in total. The fraction of sp³-hybridized carbons (Fsp3) is 0.364. The largest absolute Gasteiger partial charge is 0.395 e. The first kappa shape index (κ1) is 9.37. The summed E-state index contributed by atoms with van der Waals surface area (Å²) in [6.45, 7) is -0.589. The average Bonchev–Trinajstić information content (AvgIpc) is 2.53. The van der Waals surface area contributed by atoms with Crippen molar-refractivity contribution in [3.63, 3.8) is 0 Å². The molecular formula is C11H12O3. The van der Waals surface area contributed by atoms with Crippen molar-refractivity contribution in [3.05, 3.63) is 35.4 Å². The third kappa shape index (κ3) is 1.10. The van der Waals surface area contributed by atoms with Gasteiger partial charge in [0, 0.05) is 5.56 Å². The summed E-state index contributed by atoms with van der Waals surface area (Å²) in [5, 5.41) is 18.4. The molecule has 2 rings (SSSR count). The molecule has 0 saturated heterocycles. The van der Waals surface area contributed by atoms with Crippen LogP contribution in [0.25, 0.3) is 0 Å². The molecule has 0 atom stereocenters. The third-order valence-electron chi connectivity index (χ3n) is 2.88. The van der Waals surface area contributed by atoms with Gasteiger partial charge in [-0.05, 0) is 12.0 Å². The quantitative estimate of drug-likeness (QED) is 0.713. The van der Waals surface area contributed by atoms with E-state index in [9.17, 15) is 15.0 Å². The van der Waals surface area contributed by atoms with E-state index in [0.717, 1.165) is 5.56 Å². The van der Waals surface area contributed by atoms with E-state index in [1.807, 2.05) is 12.1 Å². The fourth-order valence-corrected chi connectivity index (χ4v) is 1.93. The number of benzene rings is 1. The molecule has 0 bridgehead atoms. The summed E-state index contributed by atoms with van der Waals surface area (Å²) >= 11 is 0. The normalized spacial score (nSPS) is 18.3. The second-order valence-electron chi connectivity index (χ2n) is 3.76. The highest BCUT2D eigenvalue weighted by Crippen LogP contribution is 2.35. The van der Waals surface area contributed by atoms with Crippen LogP contribution < -0.4 is 0 Å². The number of hydrogen-bond donors (Lipinski definition) is 2. The first-order chi connectivity index (χ1) is 6.73. The van der Waals surface area contributed by atoms with E-state index in [-0.39, 0.29) is 19.0 Å². The molecule has 3 heteroatoms. The van der Waals surface area contributed by atoms with Crippen LogP contribution in [0.15, 0.2) is 24.3 Å². The van der Waals surface area contributed by atoms with Crippen molar-refractivity contribution in [1.29, 1.82) is 0 Å². The molecule has 1 aliphatic rings. The molecule has 14 heavy (non-hydrogen) atoms. The van der Waals surface area contributed by atoms with Gasteiger partial charge in [0.15, 0.2) is 5.78 Å². The molecule has 0 spiro atoms. The van der Waals surface area contributed by atoms with E-state index >= 15 is 0 Å². The lowest BCUT2D eigenvalue weighted by Crippen LogP contribution is -2.36. The summed E-state index contributed by atoms with van der Waals surface area (Å²) in [6, 6.07) is 7.25. The lowest BCUT2D eigenvalue weighted by molar-refractivity contribution is 0.0456. The summed E-state index contributed by atoms with van der Waals surface area (Å²) in [4.78, 5) is 11.9. The smallest absolute Gasteiger partial charge is 0.174 e. The zero-order valence-corrected chi connectivity index (χ0v) is 7.73. The Balaban J connectivity index is 2.47. The molecule has 0 unspecified atom stereocenters. The number of aliphatic hydroxyl groups excluding tert-OH is 2. The molecule has 74 valence electrons. The number of rotatable bonds is 2. The van der Waals surface area contributed by atoms with Crippen molar-refractivity contribution in [2.75, 3.05) is 13.2 Å². The van der Waals surface area contributed by atoms with Gasteiger partial charge in [-0.2, -0.15) is 0 Å². The van der Waals surface area contributed by atoms with E-state index in [0.29, 0.717) is 12.0 Å². The predicted octanol–water partition coefficient (Wildman–Crippen LogP) is 0.396. The van der Waals surface area contributed by atoms with Crippen molar-refractivity contribution < 1.29 is 15.0 Å². The lowest BCUT2D eigenvalue weighted by Gasteiger charge is -2.20. The maximum absolute atomic E-state index is 11.9. The number of aliphatic hydroxyl groups is 2. The van der Waals surface area contributed by atoms with Crippen molar-refractivity contribution in [2.24, 2.45) is 5.41 Å². The standard InChI is InChI=1S/C11H12O3/c12-6-11(7-13)5-8-3-1-2-4-9(8)10(11)14/h1-4,12-13H,5-7H2. The number of fused-ring (bicyclic) bond motifs is 1. The molecule has 1 aromatic carbocycles. The first-order valence-electron chi connectivity index (χ1n) is 4.58. The van der Waals surface area contributed by atoms with Gasteiger partial charge in [0.1, 0.15) is 0 Å². The fourth-order valence-electron chi connectivity index (χ4n) is 1.93. The van der Waals surface area contributed by atoms with Gasteiger partial charge in [-0.3, -0.25) is 4.79 Å². The maximum atomic E-state index is 11.9. The number of hydrogen-bond acceptors (Lipinski definition) is 3. The molecule has 0 aliphatic heterocycles. The van der Waals surface area contributed by atoms with E-state index < -0.39 is 5.41 Å². The molecule has 1 aliphatic carbocycles. The van der Waals surface area contributed by atoms with Crippen LogP contribution in [0.1, 0.15) is 15.9 Å². The van der Waals surface area contributed by atoms with Crippen LogP contribution in [0.5, 0.6) is 0 Å². The SMILES string of the molecule is O=C1c2ccccc2CC1(CO)CO. The van der Waals surface area contributed by atoms with Crippen LogP contribution in [0, 0.1) is 5.41 Å². The Morgan fingerprint density at radius 1 is 1.21 bits per heavy atom. The third-order valence-corrected chi connectivity index (χ3v) is 2.88. The van der Waals surface area contributed by atoms with Gasteiger partial charge in [0.2, 0.25) is 0 Å². The highest BCUT2D eigenvalue weighted by molar-refractivity contribution is 6.05. The molecule has 1 aromatic rings. The van der Waals surface area contributed by atoms with Gasteiger partial charge in [-0.1, -0.05) is 24.3 Å². The summed E-state index contributed by atoms with van der Waals surface area (Å²) in [5.41, 5.74) is 0.570. The first-order valence-corrected chi connectivity index (χ1v) is 4.58. The predicted molar refractivity (Wildman–Crippen MR) is 51.1 cm³/mol. The van der Waals surface area contributed by atoms with Crippen LogP contribution >= 0.6 is 0 Å². The number of carbonyl (C=O) groups is 1. The molecule has 0 amide bonds. The Kier molecular flexibility index (Phi) is 2.13. The summed E-state index contributed by atoms with van der Waals surface area (Å²) < 4.78 is 0. The minimum Gasteiger partial charge on any atom is -0.395 e. The van der Waals surface area contributed by atoms with Gasteiger partial charge < -0.3 is 10.2 Å².